The summed E-state index contributed by atoms with van der Waals surface area (Å²) in [5, 5.41) is 7.85. The molecule has 0 spiro atoms. The fraction of sp³-hybridized carbons (Fsp3) is 0.560. The number of hydrogen-bond acceptors (Lipinski definition) is 3. The van der Waals surface area contributed by atoms with Crippen LogP contribution in [0, 0.1) is 5.92 Å². The number of nitrogens with one attached hydrogen (secondary N) is 1. The number of carbonyl (C=O) groups is 1. The van der Waals surface area contributed by atoms with Crippen molar-refractivity contribution in [1.29, 1.82) is 0 Å². The van der Waals surface area contributed by atoms with Gasteiger partial charge in [0.15, 0.2) is 0 Å². The standard InChI is InChI=1S/C25H33N3O2/c1-17(2)19-8-10-20(11-9-19)25(30)26-22-12-13-23-21(14-22)15-24(29)28(27-23)16-18-6-4-3-5-7-18/h8-11,15,17-18,22H,3-7,12-14,16H2,1-2H3,(H,26,30). The third kappa shape index (κ3) is 4.82. The Morgan fingerprint density at radius 2 is 1.87 bits per heavy atom. The zero-order valence-electron chi connectivity index (χ0n) is 18.2. The fourth-order valence-corrected chi connectivity index (χ4v) is 4.79. The molecule has 0 radical (unpaired) electrons. The third-order valence-corrected chi connectivity index (χ3v) is 6.69. The molecule has 1 aromatic heterocycles. The highest BCUT2D eigenvalue weighted by molar-refractivity contribution is 5.94. The lowest BCUT2D eigenvalue weighted by molar-refractivity contribution is 0.0933. The Morgan fingerprint density at radius 1 is 1.13 bits per heavy atom. The Labute approximate surface area is 178 Å². The maximum Gasteiger partial charge on any atom is 0.267 e. The van der Waals surface area contributed by atoms with Crippen LogP contribution in [-0.4, -0.2) is 21.7 Å². The van der Waals surface area contributed by atoms with Gasteiger partial charge in [0.25, 0.3) is 11.5 Å². The van der Waals surface area contributed by atoms with Crippen LogP contribution in [0.5, 0.6) is 0 Å². The van der Waals surface area contributed by atoms with Gasteiger partial charge in [-0.3, -0.25) is 9.59 Å². The lowest BCUT2D eigenvalue weighted by atomic mass is 9.89. The summed E-state index contributed by atoms with van der Waals surface area (Å²) in [6.07, 6.45) is 8.61. The summed E-state index contributed by atoms with van der Waals surface area (Å²) in [4.78, 5) is 25.3. The predicted octanol–water partition coefficient (Wildman–Crippen LogP) is 4.23. The number of benzene rings is 1. The maximum atomic E-state index is 12.7. The Kier molecular flexibility index (Phi) is 6.35. The molecule has 30 heavy (non-hydrogen) atoms. The van der Waals surface area contributed by atoms with Crippen LogP contribution in [0.1, 0.15) is 85.5 Å². The normalized spacial score (nSPS) is 19.5. The molecule has 2 aliphatic rings. The lowest BCUT2D eigenvalue weighted by Crippen LogP contribution is -2.40. The highest BCUT2D eigenvalue weighted by atomic mass is 16.1. The molecule has 2 aromatic rings. The molecule has 1 N–H and O–H groups in total. The fourth-order valence-electron chi connectivity index (χ4n) is 4.79. The summed E-state index contributed by atoms with van der Waals surface area (Å²) < 4.78 is 1.68. The molecule has 1 amide bonds. The van der Waals surface area contributed by atoms with Gasteiger partial charge >= 0.3 is 0 Å². The van der Waals surface area contributed by atoms with Crippen molar-refractivity contribution in [1.82, 2.24) is 15.1 Å². The summed E-state index contributed by atoms with van der Waals surface area (Å²) in [5.74, 6) is 0.990. The molecule has 5 nitrogen and oxygen atoms in total. The van der Waals surface area contributed by atoms with Gasteiger partial charge in [-0.1, -0.05) is 45.2 Å². The third-order valence-electron chi connectivity index (χ3n) is 6.69. The van der Waals surface area contributed by atoms with E-state index in [-0.39, 0.29) is 17.5 Å². The van der Waals surface area contributed by atoms with Crippen molar-refractivity contribution in [3.8, 4) is 0 Å². The van der Waals surface area contributed by atoms with Crippen molar-refractivity contribution in [3.05, 3.63) is 63.1 Å². The molecule has 1 saturated carbocycles. The van der Waals surface area contributed by atoms with E-state index in [1.54, 1.807) is 10.7 Å². The molecule has 1 atom stereocenters. The highest BCUT2D eigenvalue weighted by Gasteiger charge is 2.24. The number of aromatic nitrogens is 2. The van der Waals surface area contributed by atoms with E-state index in [1.165, 1.54) is 37.7 Å². The van der Waals surface area contributed by atoms with Gasteiger partial charge in [0.1, 0.15) is 0 Å². The van der Waals surface area contributed by atoms with Crippen LogP contribution in [0.3, 0.4) is 0 Å². The highest BCUT2D eigenvalue weighted by Crippen LogP contribution is 2.25. The first-order valence-corrected chi connectivity index (χ1v) is 11.5. The van der Waals surface area contributed by atoms with Crippen LogP contribution in [0.25, 0.3) is 0 Å². The van der Waals surface area contributed by atoms with Crippen molar-refractivity contribution in [2.24, 2.45) is 5.92 Å². The van der Waals surface area contributed by atoms with Gasteiger partial charge in [-0.05, 0) is 67.2 Å². The Hall–Kier alpha value is -2.43. The molecule has 0 saturated heterocycles. The van der Waals surface area contributed by atoms with E-state index >= 15 is 0 Å². The molecular weight excluding hydrogens is 374 g/mol. The first kappa shape index (κ1) is 20.8. The van der Waals surface area contributed by atoms with Crippen LogP contribution in [0.4, 0.5) is 0 Å². The van der Waals surface area contributed by atoms with E-state index in [9.17, 15) is 9.59 Å². The van der Waals surface area contributed by atoms with Gasteiger partial charge in [0.05, 0.1) is 5.69 Å². The van der Waals surface area contributed by atoms with Crippen molar-refractivity contribution < 1.29 is 4.79 Å². The predicted molar refractivity (Wildman–Crippen MR) is 119 cm³/mol. The van der Waals surface area contributed by atoms with Crippen molar-refractivity contribution >= 4 is 5.91 Å². The van der Waals surface area contributed by atoms with Crippen molar-refractivity contribution in [3.63, 3.8) is 0 Å². The van der Waals surface area contributed by atoms with E-state index in [2.05, 4.69) is 19.2 Å². The van der Waals surface area contributed by atoms with Crippen LogP contribution in [0.2, 0.25) is 0 Å². The number of amides is 1. The first-order valence-electron chi connectivity index (χ1n) is 11.5. The summed E-state index contributed by atoms with van der Waals surface area (Å²) in [7, 11) is 0. The van der Waals surface area contributed by atoms with E-state index in [1.807, 2.05) is 24.3 Å². The van der Waals surface area contributed by atoms with Gasteiger partial charge in [0.2, 0.25) is 0 Å². The average Bonchev–Trinajstić information content (AvgIpc) is 2.75. The summed E-state index contributed by atoms with van der Waals surface area (Å²) in [6.45, 7) is 5.04. The van der Waals surface area contributed by atoms with Crippen molar-refractivity contribution in [2.75, 3.05) is 0 Å². The monoisotopic (exact) mass is 407 g/mol. The van der Waals surface area contributed by atoms with Gasteiger partial charge in [-0.25, -0.2) is 4.68 Å². The smallest absolute Gasteiger partial charge is 0.267 e. The van der Waals surface area contributed by atoms with E-state index in [0.717, 1.165) is 30.6 Å². The van der Waals surface area contributed by atoms with Gasteiger partial charge < -0.3 is 5.32 Å². The van der Waals surface area contributed by atoms with Crippen LogP contribution in [-0.2, 0) is 19.4 Å². The molecule has 1 heterocycles. The van der Waals surface area contributed by atoms with E-state index in [4.69, 9.17) is 5.10 Å². The molecule has 1 unspecified atom stereocenters. The average molecular weight is 408 g/mol. The number of rotatable bonds is 5. The zero-order chi connectivity index (χ0) is 21.1. The van der Waals surface area contributed by atoms with Crippen LogP contribution in [0.15, 0.2) is 35.1 Å². The zero-order valence-corrected chi connectivity index (χ0v) is 18.2. The minimum absolute atomic E-state index is 0.00410. The van der Waals surface area contributed by atoms with Gasteiger partial charge in [0, 0.05) is 24.2 Å². The molecule has 4 rings (SSSR count). The number of carbonyl (C=O) groups excluding carboxylic acids is 1. The quantitative estimate of drug-likeness (QED) is 0.806. The number of nitrogens with zero attached hydrogens (tertiary/aromatic N) is 2. The Bertz CT molecular complexity index is 940. The second kappa shape index (κ2) is 9.15. The minimum Gasteiger partial charge on any atom is -0.349 e. The van der Waals surface area contributed by atoms with Gasteiger partial charge in [-0.15, -0.1) is 0 Å². The minimum atomic E-state index is -0.0441. The second-order valence-corrected chi connectivity index (χ2v) is 9.33. The number of fused-ring (bicyclic) bond motifs is 1. The summed E-state index contributed by atoms with van der Waals surface area (Å²) in [6, 6.07) is 9.63. The van der Waals surface area contributed by atoms with E-state index in [0.29, 0.717) is 23.8 Å². The number of aryl methyl sites for hydroxylation is 1. The molecule has 1 fully saturated rings. The largest absolute Gasteiger partial charge is 0.349 e. The topological polar surface area (TPSA) is 64.0 Å². The molecule has 2 aliphatic carbocycles. The van der Waals surface area contributed by atoms with Crippen LogP contribution >= 0.6 is 0 Å². The maximum absolute atomic E-state index is 12.7. The molecule has 0 bridgehead atoms. The first-order chi connectivity index (χ1) is 14.5. The van der Waals surface area contributed by atoms with Crippen LogP contribution < -0.4 is 10.9 Å². The summed E-state index contributed by atoms with van der Waals surface area (Å²) >= 11 is 0. The Balaban J connectivity index is 1.40. The molecular formula is C25H33N3O2. The lowest BCUT2D eigenvalue weighted by Gasteiger charge is -2.26. The van der Waals surface area contributed by atoms with Crippen molar-refractivity contribution in [2.45, 2.75) is 83.7 Å². The Morgan fingerprint density at radius 3 is 2.57 bits per heavy atom. The molecule has 1 aromatic carbocycles. The number of hydrogen-bond donors (Lipinski definition) is 1. The molecule has 0 aliphatic heterocycles. The molecule has 160 valence electrons. The molecule has 5 heteroatoms. The second-order valence-electron chi connectivity index (χ2n) is 9.33. The summed E-state index contributed by atoms with van der Waals surface area (Å²) in [5.41, 5.74) is 3.93. The van der Waals surface area contributed by atoms with E-state index < -0.39 is 0 Å². The van der Waals surface area contributed by atoms with Gasteiger partial charge in [-0.2, -0.15) is 5.10 Å². The SMILES string of the molecule is CC(C)c1ccc(C(=O)NC2CCc3nn(CC4CCCCC4)c(=O)cc3C2)cc1.